The molecule has 0 bridgehead atoms. The number of hydrogen-bond donors (Lipinski definition) is 2. The van der Waals surface area contributed by atoms with E-state index in [9.17, 15) is 19.2 Å². The molecular weight excluding hydrogens is 636 g/mol. The van der Waals surface area contributed by atoms with Gasteiger partial charge in [-0.1, -0.05) is 66.2 Å². The van der Waals surface area contributed by atoms with Crippen molar-refractivity contribution in [3.8, 4) is 17.1 Å². The molecular formula is C35H31ClN6O6. The highest BCUT2D eigenvalue weighted by Crippen LogP contribution is 2.39. The molecule has 0 radical (unpaired) electrons. The number of H-pyrrole nitrogens is 2. The summed E-state index contributed by atoms with van der Waals surface area (Å²) in [6.45, 7) is 4.95. The lowest BCUT2D eigenvalue weighted by atomic mass is 9.85. The molecule has 0 spiro atoms. The highest BCUT2D eigenvalue weighted by Gasteiger charge is 2.40. The van der Waals surface area contributed by atoms with Crippen molar-refractivity contribution in [1.82, 2.24) is 29.3 Å². The second kappa shape index (κ2) is 13.5. The number of benzene rings is 3. The van der Waals surface area contributed by atoms with Crippen molar-refractivity contribution in [3.63, 3.8) is 0 Å². The fourth-order valence-corrected chi connectivity index (χ4v) is 6.07. The number of aromatic amines is 2. The fraction of sp³-hybridized carbons (Fsp3) is 0.171. The van der Waals surface area contributed by atoms with Gasteiger partial charge in [0.25, 0.3) is 11.1 Å². The van der Waals surface area contributed by atoms with Crippen molar-refractivity contribution in [1.29, 1.82) is 0 Å². The Morgan fingerprint density at radius 2 is 1.08 bits per heavy atom. The third-order valence-corrected chi connectivity index (χ3v) is 8.12. The van der Waals surface area contributed by atoms with E-state index in [4.69, 9.17) is 21.1 Å². The number of ether oxygens (including phenoxy) is 2. The molecule has 0 fully saturated rings. The molecule has 3 aromatic carbocycles. The summed E-state index contributed by atoms with van der Waals surface area (Å²) < 4.78 is 14.6. The van der Waals surface area contributed by atoms with Gasteiger partial charge in [0.1, 0.15) is 5.15 Å². The molecule has 12 nitrogen and oxygen atoms in total. The van der Waals surface area contributed by atoms with Gasteiger partial charge in [0.2, 0.25) is 0 Å². The Labute approximate surface area is 279 Å². The Balaban J connectivity index is 1.75. The van der Waals surface area contributed by atoms with Gasteiger partial charge in [-0.3, -0.25) is 19.8 Å². The van der Waals surface area contributed by atoms with Gasteiger partial charge in [0, 0.05) is 5.56 Å². The van der Waals surface area contributed by atoms with E-state index in [1.54, 1.807) is 93.6 Å². The van der Waals surface area contributed by atoms with E-state index in [-0.39, 0.29) is 46.4 Å². The van der Waals surface area contributed by atoms with E-state index >= 15 is 0 Å². The summed E-state index contributed by atoms with van der Waals surface area (Å²) in [5.74, 6) is -3.09. The van der Waals surface area contributed by atoms with Gasteiger partial charge in [-0.15, -0.1) is 0 Å². The molecule has 244 valence electrons. The zero-order valence-electron chi connectivity index (χ0n) is 26.3. The summed E-state index contributed by atoms with van der Waals surface area (Å²) in [6.07, 6.45) is 0. The quantitative estimate of drug-likeness (QED) is 0.188. The maximum atomic E-state index is 14.6. The minimum atomic E-state index is -1.41. The maximum Gasteiger partial charge on any atom is 0.356 e. The van der Waals surface area contributed by atoms with Crippen LogP contribution in [0.2, 0.25) is 5.15 Å². The van der Waals surface area contributed by atoms with Crippen LogP contribution in [0, 0.1) is 6.92 Å². The van der Waals surface area contributed by atoms with Crippen molar-refractivity contribution in [2.45, 2.75) is 26.7 Å². The van der Waals surface area contributed by atoms with Crippen LogP contribution in [0.1, 0.15) is 63.1 Å². The third-order valence-electron chi connectivity index (χ3n) is 7.76. The Kier molecular flexibility index (Phi) is 9.00. The second-order valence-corrected chi connectivity index (χ2v) is 11.0. The first-order valence-electron chi connectivity index (χ1n) is 15.2. The number of para-hydroxylation sites is 3. The highest BCUT2D eigenvalue weighted by molar-refractivity contribution is 6.30. The number of esters is 2. The number of halogens is 1. The topological polar surface area (TPSA) is 146 Å². The van der Waals surface area contributed by atoms with Crippen LogP contribution in [0.4, 0.5) is 0 Å². The minimum Gasteiger partial charge on any atom is -0.461 e. The van der Waals surface area contributed by atoms with E-state index < -0.39 is 29.0 Å². The van der Waals surface area contributed by atoms with Crippen LogP contribution in [0.3, 0.4) is 0 Å². The first-order chi connectivity index (χ1) is 23.3. The average Bonchev–Trinajstić information content (AvgIpc) is 3.73. The first kappa shape index (κ1) is 32.1. The number of carbonyl (C=O) groups excluding carboxylic acids is 2. The lowest BCUT2D eigenvalue weighted by Crippen LogP contribution is -2.27. The smallest absolute Gasteiger partial charge is 0.356 e. The lowest BCUT2D eigenvalue weighted by Gasteiger charge is -2.17. The number of nitrogens with one attached hydrogen (secondary N) is 2. The van der Waals surface area contributed by atoms with E-state index in [0.717, 1.165) is 0 Å². The van der Waals surface area contributed by atoms with Gasteiger partial charge in [-0.2, -0.15) is 5.10 Å². The summed E-state index contributed by atoms with van der Waals surface area (Å²) >= 11 is 7.13. The zero-order valence-corrected chi connectivity index (χ0v) is 27.0. The second-order valence-electron chi connectivity index (χ2n) is 10.7. The van der Waals surface area contributed by atoms with Crippen molar-refractivity contribution >= 4 is 23.5 Å². The fourth-order valence-electron chi connectivity index (χ4n) is 5.68. The molecule has 0 aliphatic carbocycles. The van der Waals surface area contributed by atoms with Crippen LogP contribution in [0.25, 0.3) is 17.1 Å². The van der Waals surface area contributed by atoms with Crippen molar-refractivity contribution in [2.24, 2.45) is 0 Å². The monoisotopic (exact) mass is 666 g/mol. The van der Waals surface area contributed by atoms with E-state index in [0.29, 0.717) is 22.8 Å². The Bertz CT molecular complexity index is 2100. The molecule has 6 aromatic rings. The number of carbonyl (C=O) groups is 2. The van der Waals surface area contributed by atoms with E-state index in [2.05, 4.69) is 15.3 Å². The number of aromatic nitrogens is 6. The van der Waals surface area contributed by atoms with E-state index in [1.807, 2.05) is 18.2 Å². The Morgan fingerprint density at radius 3 is 1.48 bits per heavy atom. The van der Waals surface area contributed by atoms with Gasteiger partial charge < -0.3 is 9.47 Å². The summed E-state index contributed by atoms with van der Waals surface area (Å²) in [5.41, 5.74) is -0.101. The standard InChI is InChI=1S/C35H31ClN6O6/c1-4-47-34(45)29-27(32(43)41(38-29)23-17-11-7-12-18-23)26(25-21(3)37-40(31(25)36)22-15-9-6-10-16-22)28-30(35(46)48-5-2)39-42(33(28)44)24-19-13-8-14-20-24/h6-20,26,38-39H,4-5H2,1-3H3. The molecule has 2 N–H and O–H groups in total. The number of rotatable bonds is 10. The predicted octanol–water partition coefficient (Wildman–Crippen LogP) is 5.33. The van der Waals surface area contributed by atoms with Gasteiger partial charge in [-0.05, 0) is 57.2 Å². The molecule has 6 rings (SSSR count). The number of aryl methyl sites for hydroxylation is 1. The molecule has 0 aliphatic heterocycles. The van der Waals surface area contributed by atoms with Gasteiger partial charge in [-0.25, -0.2) is 23.6 Å². The van der Waals surface area contributed by atoms with Gasteiger partial charge >= 0.3 is 11.9 Å². The van der Waals surface area contributed by atoms with Crippen LogP contribution in [-0.4, -0.2) is 54.5 Å². The SMILES string of the molecule is CCOC(=O)c1[nH]n(-c2ccccc2)c(=O)c1C(c1c(C)nn(-c2ccccc2)c1Cl)c1c(C(=O)OCC)[nH]n(-c2ccccc2)c1=O. The molecule has 13 heteroatoms. The summed E-state index contributed by atoms with van der Waals surface area (Å²) in [4.78, 5) is 56.4. The Hall–Kier alpha value is -5.88. The maximum absolute atomic E-state index is 14.6. The molecule has 0 saturated carbocycles. The van der Waals surface area contributed by atoms with Crippen LogP contribution >= 0.6 is 11.6 Å². The van der Waals surface area contributed by atoms with Crippen molar-refractivity contribution < 1.29 is 19.1 Å². The highest BCUT2D eigenvalue weighted by atomic mass is 35.5. The number of hydrogen-bond acceptors (Lipinski definition) is 7. The van der Waals surface area contributed by atoms with Crippen LogP contribution < -0.4 is 11.1 Å². The van der Waals surface area contributed by atoms with E-state index in [1.165, 1.54) is 14.0 Å². The summed E-state index contributed by atoms with van der Waals surface area (Å²) in [7, 11) is 0. The molecule has 0 unspecified atom stereocenters. The van der Waals surface area contributed by atoms with Crippen LogP contribution in [-0.2, 0) is 9.47 Å². The van der Waals surface area contributed by atoms with Gasteiger partial charge in [0.15, 0.2) is 11.4 Å². The molecule has 48 heavy (non-hydrogen) atoms. The molecule has 0 atom stereocenters. The normalized spacial score (nSPS) is 11.2. The average molecular weight is 667 g/mol. The molecule has 3 aromatic heterocycles. The minimum absolute atomic E-state index is 0.00620. The Morgan fingerprint density at radius 1 is 0.688 bits per heavy atom. The first-order valence-corrected chi connectivity index (χ1v) is 15.6. The molecule has 0 saturated heterocycles. The molecule has 3 heterocycles. The van der Waals surface area contributed by atoms with Crippen molar-refractivity contribution in [2.75, 3.05) is 13.2 Å². The molecule has 0 amide bonds. The largest absolute Gasteiger partial charge is 0.461 e. The third kappa shape index (κ3) is 5.66. The number of nitrogens with zero attached hydrogens (tertiary/aromatic N) is 4. The lowest BCUT2D eigenvalue weighted by molar-refractivity contribution is 0.0510. The van der Waals surface area contributed by atoms with Gasteiger partial charge in [0.05, 0.1) is 53.0 Å². The van der Waals surface area contributed by atoms with Crippen molar-refractivity contribution in [3.05, 3.63) is 151 Å². The molecule has 0 aliphatic rings. The zero-order chi connectivity index (χ0) is 33.9. The van der Waals surface area contributed by atoms with Crippen LogP contribution in [0.15, 0.2) is 101 Å². The summed E-state index contributed by atoms with van der Waals surface area (Å²) in [5, 5.41) is 10.5. The van der Waals surface area contributed by atoms with Crippen LogP contribution in [0.5, 0.6) is 0 Å². The summed E-state index contributed by atoms with van der Waals surface area (Å²) in [6, 6.07) is 26.3. The predicted molar refractivity (Wildman–Crippen MR) is 179 cm³/mol.